The molecule has 0 spiro atoms. The Hall–Kier alpha value is -0.410. The van der Waals surface area contributed by atoms with Crippen molar-refractivity contribution < 1.29 is 9.50 Å². The molecule has 0 aliphatic rings. The lowest BCUT2D eigenvalue weighted by atomic mass is 10.0. The molecule has 0 rings (SSSR count). The van der Waals surface area contributed by atoms with Gasteiger partial charge in [0.2, 0.25) is 0 Å². The summed E-state index contributed by atoms with van der Waals surface area (Å²) in [4.78, 5) is 0. The topological polar surface area (TPSA) is 46.2 Å². The van der Waals surface area contributed by atoms with E-state index in [1.807, 2.05) is 0 Å². The molecule has 3 N–H and O–H groups in total. The Morgan fingerprint density at radius 2 is 2.15 bits per heavy atom. The summed E-state index contributed by atoms with van der Waals surface area (Å²) in [5.41, 5.74) is 6.14. The van der Waals surface area contributed by atoms with Gasteiger partial charge in [-0.1, -0.05) is 19.1 Å². The Labute approximate surface area is 79.6 Å². The second-order valence-corrected chi connectivity index (χ2v) is 3.39. The first-order valence-corrected chi connectivity index (χ1v) is 4.79. The Balaban J connectivity index is 3.50. The molecule has 0 aromatic carbocycles. The summed E-state index contributed by atoms with van der Waals surface area (Å²) < 4.78 is 12.8. The molecule has 0 bridgehead atoms. The predicted molar refractivity (Wildman–Crippen MR) is 53.2 cm³/mol. The SMILES string of the molecule is C=C(CN)CC(O)CCC(F)CC. The molecule has 0 aliphatic heterocycles. The molecule has 0 aromatic rings. The molecule has 0 aliphatic carbocycles. The molecule has 2 atom stereocenters. The molecule has 0 radical (unpaired) electrons. The third kappa shape index (κ3) is 6.72. The minimum atomic E-state index is -0.791. The number of rotatable bonds is 7. The van der Waals surface area contributed by atoms with Gasteiger partial charge >= 0.3 is 0 Å². The van der Waals surface area contributed by atoms with Gasteiger partial charge in [0.1, 0.15) is 0 Å². The van der Waals surface area contributed by atoms with E-state index in [-0.39, 0.29) is 0 Å². The minimum Gasteiger partial charge on any atom is -0.393 e. The van der Waals surface area contributed by atoms with Crippen LogP contribution in [0.25, 0.3) is 0 Å². The summed E-state index contributed by atoms with van der Waals surface area (Å²) in [7, 11) is 0. The lowest BCUT2D eigenvalue weighted by molar-refractivity contribution is 0.146. The molecule has 78 valence electrons. The van der Waals surface area contributed by atoms with Gasteiger partial charge in [0.15, 0.2) is 0 Å². The van der Waals surface area contributed by atoms with Gasteiger partial charge in [0.05, 0.1) is 12.3 Å². The molecule has 3 heteroatoms. The summed E-state index contributed by atoms with van der Waals surface area (Å²) >= 11 is 0. The van der Waals surface area contributed by atoms with E-state index < -0.39 is 12.3 Å². The Morgan fingerprint density at radius 1 is 1.54 bits per heavy atom. The summed E-state index contributed by atoms with van der Waals surface area (Å²) in [5.74, 6) is 0. The van der Waals surface area contributed by atoms with Gasteiger partial charge < -0.3 is 10.8 Å². The molecule has 2 nitrogen and oxygen atoms in total. The summed E-state index contributed by atoms with van der Waals surface area (Å²) in [6.45, 7) is 5.88. The highest BCUT2D eigenvalue weighted by Crippen LogP contribution is 2.12. The van der Waals surface area contributed by atoms with Gasteiger partial charge in [0.25, 0.3) is 0 Å². The van der Waals surface area contributed by atoms with Crippen molar-refractivity contribution in [3.63, 3.8) is 0 Å². The monoisotopic (exact) mass is 189 g/mol. The van der Waals surface area contributed by atoms with Gasteiger partial charge in [0, 0.05) is 6.54 Å². The van der Waals surface area contributed by atoms with Crippen molar-refractivity contribution in [1.29, 1.82) is 0 Å². The summed E-state index contributed by atoms with van der Waals surface area (Å²) in [6.07, 6.45) is 0.655. The average molecular weight is 189 g/mol. The van der Waals surface area contributed by atoms with Gasteiger partial charge in [-0.3, -0.25) is 0 Å². The summed E-state index contributed by atoms with van der Waals surface area (Å²) in [6, 6.07) is 0. The van der Waals surface area contributed by atoms with Crippen molar-refractivity contribution in [2.24, 2.45) is 5.73 Å². The van der Waals surface area contributed by atoms with Crippen molar-refractivity contribution in [2.45, 2.75) is 44.9 Å². The number of alkyl halides is 1. The van der Waals surface area contributed by atoms with Crippen LogP contribution in [-0.2, 0) is 0 Å². The van der Waals surface area contributed by atoms with Crippen LogP contribution in [0.1, 0.15) is 32.6 Å². The second kappa shape index (κ2) is 7.04. The minimum absolute atomic E-state index is 0.393. The van der Waals surface area contributed by atoms with Crippen molar-refractivity contribution >= 4 is 0 Å². The first-order valence-electron chi connectivity index (χ1n) is 4.79. The average Bonchev–Trinajstić information content (AvgIpc) is 2.13. The van der Waals surface area contributed by atoms with Crippen LogP contribution >= 0.6 is 0 Å². The smallest absolute Gasteiger partial charge is 0.1000 e. The fraction of sp³-hybridized carbons (Fsp3) is 0.800. The lowest BCUT2D eigenvalue weighted by Gasteiger charge is -2.12. The van der Waals surface area contributed by atoms with E-state index in [9.17, 15) is 9.50 Å². The van der Waals surface area contributed by atoms with Crippen molar-refractivity contribution in [1.82, 2.24) is 0 Å². The first-order chi connectivity index (χ1) is 6.10. The normalized spacial score (nSPS) is 15.4. The Bertz CT molecular complexity index is 150. The van der Waals surface area contributed by atoms with Crippen LogP contribution in [0.4, 0.5) is 4.39 Å². The highest BCUT2D eigenvalue weighted by molar-refractivity contribution is 4.97. The van der Waals surface area contributed by atoms with Crippen LogP contribution in [-0.4, -0.2) is 23.9 Å². The molecular formula is C10H20FNO. The van der Waals surface area contributed by atoms with E-state index in [4.69, 9.17) is 5.73 Å². The number of hydrogen-bond acceptors (Lipinski definition) is 2. The molecule has 2 unspecified atom stereocenters. The molecule has 0 amide bonds. The van der Waals surface area contributed by atoms with E-state index in [0.29, 0.717) is 32.2 Å². The Morgan fingerprint density at radius 3 is 2.62 bits per heavy atom. The summed E-state index contributed by atoms with van der Waals surface area (Å²) in [5, 5.41) is 9.41. The zero-order valence-electron chi connectivity index (χ0n) is 8.30. The third-order valence-corrected chi connectivity index (χ3v) is 2.07. The highest BCUT2D eigenvalue weighted by Gasteiger charge is 2.09. The maximum atomic E-state index is 12.8. The molecule has 0 saturated heterocycles. The molecule has 0 aromatic heterocycles. The quantitative estimate of drug-likeness (QED) is 0.600. The maximum Gasteiger partial charge on any atom is 0.1000 e. The van der Waals surface area contributed by atoms with Crippen molar-refractivity contribution in [3.8, 4) is 0 Å². The standard InChI is InChI=1S/C10H20FNO/c1-3-9(11)4-5-10(13)6-8(2)7-12/h9-10,13H,2-7,12H2,1H3. The number of nitrogens with two attached hydrogens (primary N) is 1. The lowest BCUT2D eigenvalue weighted by Crippen LogP contribution is -2.14. The zero-order valence-corrected chi connectivity index (χ0v) is 8.30. The van der Waals surface area contributed by atoms with Gasteiger partial charge in [-0.2, -0.15) is 0 Å². The molecule has 13 heavy (non-hydrogen) atoms. The number of aliphatic hydroxyl groups excluding tert-OH is 1. The van der Waals surface area contributed by atoms with E-state index >= 15 is 0 Å². The van der Waals surface area contributed by atoms with E-state index in [2.05, 4.69) is 6.58 Å². The fourth-order valence-corrected chi connectivity index (χ4v) is 1.10. The van der Waals surface area contributed by atoms with Gasteiger partial charge in [-0.05, 0) is 25.7 Å². The van der Waals surface area contributed by atoms with Crippen LogP contribution < -0.4 is 5.73 Å². The molecular weight excluding hydrogens is 169 g/mol. The first kappa shape index (κ1) is 12.6. The van der Waals surface area contributed by atoms with Gasteiger partial charge in [-0.15, -0.1) is 0 Å². The maximum absolute atomic E-state index is 12.8. The van der Waals surface area contributed by atoms with Gasteiger partial charge in [-0.25, -0.2) is 4.39 Å². The van der Waals surface area contributed by atoms with Crippen LogP contribution in [0.5, 0.6) is 0 Å². The third-order valence-electron chi connectivity index (χ3n) is 2.07. The molecule has 0 saturated carbocycles. The van der Waals surface area contributed by atoms with Crippen LogP contribution in [0.15, 0.2) is 12.2 Å². The molecule has 0 heterocycles. The highest BCUT2D eigenvalue weighted by atomic mass is 19.1. The Kier molecular flexibility index (Phi) is 6.82. The number of hydrogen-bond donors (Lipinski definition) is 2. The van der Waals surface area contributed by atoms with E-state index in [1.165, 1.54) is 0 Å². The second-order valence-electron chi connectivity index (χ2n) is 3.39. The zero-order chi connectivity index (χ0) is 10.3. The molecule has 0 fully saturated rings. The van der Waals surface area contributed by atoms with Crippen LogP contribution in [0, 0.1) is 0 Å². The van der Waals surface area contributed by atoms with Crippen molar-refractivity contribution in [2.75, 3.05) is 6.54 Å². The number of halogens is 1. The predicted octanol–water partition coefficient (Wildman–Crippen LogP) is 1.78. The van der Waals surface area contributed by atoms with Crippen LogP contribution in [0.2, 0.25) is 0 Å². The number of aliphatic hydroxyl groups is 1. The van der Waals surface area contributed by atoms with E-state index in [1.54, 1.807) is 6.92 Å². The van der Waals surface area contributed by atoms with Crippen molar-refractivity contribution in [3.05, 3.63) is 12.2 Å². The fourth-order valence-electron chi connectivity index (χ4n) is 1.10. The van der Waals surface area contributed by atoms with Crippen LogP contribution in [0.3, 0.4) is 0 Å². The largest absolute Gasteiger partial charge is 0.393 e. The van der Waals surface area contributed by atoms with E-state index in [0.717, 1.165) is 5.57 Å².